The highest BCUT2D eigenvalue weighted by Crippen LogP contribution is 2.13. The number of hydrogen-bond acceptors (Lipinski definition) is 4. The predicted molar refractivity (Wildman–Crippen MR) is 117 cm³/mol. The standard InChI is InChI=1S/C23H28N4O3/c1-2-3-15-30-18-12-10-17(11-13-18)23(29)25-16-22(28)24-14-6-9-21-26-19-7-4-5-8-20(19)27-21/h4-5,7-8,10-13H,2-3,6,9,14-16H2,1H3,(H,24,28)(H,25,29)(H,26,27). The molecule has 158 valence electrons. The molecule has 7 nitrogen and oxygen atoms in total. The van der Waals surface area contributed by atoms with Gasteiger partial charge >= 0.3 is 0 Å². The third-order valence-electron chi connectivity index (χ3n) is 4.64. The van der Waals surface area contributed by atoms with Gasteiger partial charge in [0, 0.05) is 18.5 Å². The number of ether oxygens (including phenoxy) is 1. The Labute approximate surface area is 176 Å². The van der Waals surface area contributed by atoms with E-state index in [9.17, 15) is 9.59 Å². The lowest BCUT2D eigenvalue weighted by Crippen LogP contribution is -2.37. The van der Waals surface area contributed by atoms with E-state index in [4.69, 9.17) is 4.74 Å². The lowest BCUT2D eigenvalue weighted by atomic mass is 10.2. The fraction of sp³-hybridized carbons (Fsp3) is 0.348. The van der Waals surface area contributed by atoms with Crippen LogP contribution in [0.3, 0.4) is 0 Å². The number of fused-ring (bicyclic) bond motifs is 1. The summed E-state index contributed by atoms with van der Waals surface area (Å²) >= 11 is 0. The summed E-state index contributed by atoms with van der Waals surface area (Å²) in [7, 11) is 0. The summed E-state index contributed by atoms with van der Waals surface area (Å²) in [5, 5.41) is 5.45. The van der Waals surface area contributed by atoms with Gasteiger partial charge in [-0.25, -0.2) is 4.98 Å². The van der Waals surface area contributed by atoms with Crippen molar-refractivity contribution >= 4 is 22.8 Å². The number of aryl methyl sites for hydroxylation is 1. The Morgan fingerprint density at radius 2 is 1.83 bits per heavy atom. The summed E-state index contributed by atoms with van der Waals surface area (Å²) in [6.07, 6.45) is 3.57. The second kappa shape index (κ2) is 11.0. The van der Waals surface area contributed by atoms with Crippen LogP contribution in [0.15, 0.2) is 48.5 Å². The van der Waals surface area contributed by atoms with Crippen LogP contribution in [0.2, 0.25) is 0 Å². The summed E-state index contributed by atoms with van der Waals surface area (Å²) < 4.78 is 5.58. The van der Waals surface area contributed by atoms with Crippen LogP contribution in [-0.4, -0.2) is 41.5 Å². The molecule has 1 aromatic heterocycles. The van der Waals surface area contributed by atoms with Crippen molar-refractivity contribution in [3.63, 3.8) is 0 Å². The molecule has 1 heterocycles. The third kappa shape index (κ3) is 6.34. The molecule has 0 fully saturated rings. The van der Waals surface area contributed by atoms with Gasteiger partial charge in [-0.1, -0.05) is 25.5 Å². The number of aromatic amines is 1. The zero-order valence-electron chi connectivity index (χ0n) is 17.2. The van der Waals surface area contributed by atoms with Gasteiger partial charge in [-0.05, 0) is 49.2 Å². The Balaban J connectivity index is 1.33. The van der Waals surface area contributed by atoms with E-state index >= 15 is 0 Å². The Hall–Kier alpha value is -3.35. The number of H-pyrrole nitrogens is 1. The average Bonchev–Trinajstić information content (AvgIpc) is 3.18. The first kappa shape index (κ1) is 21.4. The van der Waals surface area contributed by atoms with E-state index in [2.05, 4.69) is 27.5 Å². The molecule has 3 N–H and O–H groups in total. The van der Waals surface area contributed by atoms with Crippen molar-refractivity contribution in [1.29, 1.82) is 0 Å². The van der Waals surface area contributed by atoms with Crippen molar-refractivity contribution in [3.05, 3.63) is 59.9 Å². The lowest BCUT2D eigenvalue weighted by molar-refractivity contribution is -0.120. The Kier molecular flexibility index (Phi) is 7.83. The number of imidazole rings is 1. The lowest BCUT2D eigenvalue weighted by Gasteiger charge is -2.08. The predicted octanol–water partition coefficient (Wildman–Crippen LogP) is 3.22. The number of hydrogen-bond donors (Lipinski definition) is 3. The van der Waals surface area contributed by atoms with Crippen LogP contribution in [0.1, 0.15) is 42.4 Å². The van der Waals surface area contributed by atoms with E-state index < -0.39 is 0 Å². The number of nitrogens with zero attached hydrogens (tertiary/aromatic N) is 1. The Bertz CT molecular complexity index is 933. The minimum Gasteiger partial charge on any atom is -0.494 e. The number of amides is 2. The molecule has 2 aromatic carbocycles. The fourth-order valence-electron chi connectivity index (χ4n) is 2.97. The molecule has 3 aromatic rings. The van der Waals surface area contributed by atoms with Gasteiger partial charge < -0.3 is 20.4 Å². The molecule has 0 radical (unpaired) electrons. The molecule has 0 aliphatic rings. The van der Waals surface area contributed by atoms with Crippen LogP contribution in [0.5, 0.6) is 5.75 Å². The number of unbranched alkanes of at least 4 members (excludes halogenated alkanes) is 1. The maximum absolute atomic E-state index is 12.2. The molecule has 7 heteroatoms. The van der Waals surface area contributed by atoms with E-state index in [1.54, 1.807) is 24.3 Å². The number of benzene rings is 2. The first-order valence-corrected chi connectivity index (χ1v) is 10.4. The molecule has 0 atom stereocenters. The van der Waals surface area contributed by atoms with E-state index in [1.807, 2.05) is 24.3 Å². The average molecular weight is 409 g/mol. The summed E-state index contributed by atoms with van der Waals surface area (Å²) in [6.45, 7) is 3.24. The molecule has 0 spiro atoms. The highest BCUT2D eigenvalue weighted by molar-refractivity contribution is 5.96. The molecule has 2 amide bonds. The highest BCUT2D eigenvalue weighted by atomic mass is 16.5. The van der Waals surface area contributed by atoms with Crippen LogP contribution < -0.4 is 15.4 Å². The van der Waals surface area contributed by atoms with E-state index in [0.29, 0.717) is 18.7 Å². The van der Waals surface area contributed by atoms with Crippen molar-refractivity contribution < 1.29 is 14.3 Å². The van der Waals surface area contributed by atoms with Crippen LogP contribution >= 0.6 is 0 Å². The number of rotatable bonds is 11. The second-order valence-corrected chi connectivity index (χ2v) is 7.06. The normalized spacial score (nSPS) is 10.7. The molecule has 0 unspecified atom stereocenters. The van der Waals surface area contributed by atoms with Crippen molar-refractivity contribution in [2.24, 2.45) is 0 Å². The first-order valence-electron chi connectivity index (χ1n) is 10.4. The van der Waals surface area contributed by atoms with Crippen LogP contribution in [0.4, 0.5) is 0 Å². The molecule has 0 aliphatic carbocycles. The van der Waals surface area contributed by atoms with Gasteiger partial charge in [0.2, 0.25) is 5.91 Å². The van der Waals surface area contributed by atoms with Crippen LogP contribution in [-0.2, 0) is 11.2 Å². The molecule has 0 saturated carbocycles. The van der Waals surface area contributed by atoms with Gasteiger partial charge in [0.1, 0.15) is 11.6 Å². The van der Waals surface area contributed by atoms with Gasteiger partial charge in [0.15, 0.2) is 0 Å². The molecule has 30 heavy (non-hydrogen) atoms. The molecule has 3 rings (SSSR count). The minimum atomic E-state index is -0.285. The van der Waals surface area contributed by atoms with Gasteiger partial charge in [0.05, 0.1) is 24.2 Å². The smallest absolute Gasteiger partial charge is 0.251 e. The quantitative estimate of drug-likeness (QED) is 0.425. The van der Waals surface area contributed by atoms with E-state index in [-0.39, 0.29) is 18.4 Å². The van der Waals surface area contributed by atoms with Gasteiger partial charge in [-0.2, -0.15) is 0 Å². The maximum Gasteiger partial charge on any atom is 0.251 e. The minimum absolute atomic E-state index is 0.0573. The van der Waals surface area contributed by atoms with Crippen molar-refractivity contribution in [1.82, 2.24) is 20.6 Å². The van der Waals surface area contributed by atoms with Gasteiger partial charge in [0.25, 0.3) is 5.91 Å². The van der Waals surface area contributed by atoms with Crippen molar-refractivity contribution in [3.8, 4) is 5.75 Å². The van der Waals surface area contributed by atoms with Crippen LogP contribution in [0, 0.1) is 0 Å². The summed E-state index contributed by atoms with van der Waals surface area (Å²) in [5.41, 5.74) is 2.45. The molecular weight excluding hydrogens is 380 g/mol. The van der Waals surface area contributed by atoms with Gasteiger partial charge in [-0.3, -0.25) is 9.59 Å². The maximum atomic E-state index is 12.2. The largest absolute Gasteiger partial charge is 0.494 e. The number of nitrogens with one attached hydrogen (secondary N) is 3. The number of para-hydroxylation sites is 2. The molecular formula is C23H28N4O3. The third-order valence-corrected chi connectivity index (χ3v) is 4.64. The Morgan fingerprint density at radius 1 is 1.03 bits per heavy atom. The molecule has 0 bridgehead atoms. The number of aromatic nitrogens is 2. The van der Waals surface area contributed by atoms with Crippen molar-refractivity contribution in [2.75, 3.05) is 19.7 Å². The Morgan fingerprint density at radius 3 is 2.60 bits per heavy atom. The molecule has 0 saturated heterocycles. The number of carbonyl (C=O) groups is 2. The van der Waals surface area contributed by atoms with E-state index in [0.717, 1.165) is 48.3 Å². The second-order valence-electron chi connectivity index (χ2n) is 7.06. The summed E-state index contributed by atoms with van der Waals surface area (Å²) in [4.78, 5) is 31.9. The molecule has 0 aliphatic heterocycles. The van der Waals surface area contributed by atoms with Crippen molar-refractivity contribution in [2.45, 2.75) is 32.6 Å². The zero-order chi connectivity index (χ0) is 21.2. The van der Waals surface area contributed by atoms with Gasteiger partial charge in [-0.15, -0.1) is 0 Å². The highest BCUT2D eigenvalue weighted by Gasteiger charge is 2.08. The first-order chi connectivity index (χ1) is 14.7. The fourth-order valence-corrected chi connectivity index (χ4v) is 2.97. The number of carbonyl (C=O) groups excluding carboxylic acids is 2. The summed E-state index contributed by atoms with van der Waals surface area (Å²) in [5.74, 6) is 1.14. The monoisotopic (exact) mass is 408 g/mol. The zero-order valence-corrected chi connectivity index (χ0v) is 17.2. The SMILES string of the molecule is CCCCOc1ccc(C(=O)NCC(=O)NCCCc2nc3ccccc3[nH]2)cc1. The van der Waals surface area contributed by atoms with Crippen LogP contribution in [0.25, 0.3) is 11.0 Å². The topological polar surface area (TPSA) is 96.1 Å². The van der Waals surface area contributed by atoms with E-state index in [1.165, 1.54) is 0 Å². The summed E-state index contributed by atoms with van der Waals surface area (Å²) in [6, 6.07) is 14.8.